The number of hydrogen-bond donors (Lipinski definition) is 5. The third-order valence-electron chi connectivity index (χ3n) is 4.22. The van der Waals surface area contributed by atoms with Crippen LogP contribution in [0.5, 0.6) is 11.5 Å². The van der Waals surface area contributed by atoms with Crippen LogP contribution in [0.2, 0.25) is 0 Å². The fraction of sp³-hybridized carbons (Fsp3) is 0.0476. The first-order chi connectivity index (χ1) is 14.2. The van der Waals surface area contributed by atoms with Gasteiger partial charge in [0.25, 0.3) is 5.91 Å². The number of carbonyl (C=O) groups is 1. The van der Waals surface area contributed by atoms with Gasteiger partial charge in [0, 0.05) is 11.1 Å². The zero-order chi connectivity index (χ0) is 21.7. The average molecular weight is 425 g/mol. The molecule has 154 valence electrons. The third kappa shape index (κ3) is 5.33. The molecule has 3 aromatic rings. The van der Waals surface area contributed by atoms with E-state index in [1.807, 2.05) is 18.2 Å². The van der Waals surface area contributed by atoms with E-state index < -0.39 is 19.3 Å². The van der Waals surface area contributed by atoms with Crippen molar-refractivity contribution in [3.05, 3.63) is 95.6 Å². The van der Waals surface area contributed by atoms with Gasteiger partial charge in [-0.1, -0.05) is 48.5 Å². The first-order valence-electron chi connectivity index (χ1n) is 8.87. The minimum Gasteiger partial charge on any atom is -0.457 e. The zero-order valence-corrected chi connectivity index (χ0v) is 16.6. The van der Waals surface area contributed by atoms with Crippen LogP contribution in [0.3, 0.4) is 0 Å². The summed E-state index contributed by atoms with van der Waals surface area (Å²) in [6.45, 7) is 0. The van der Waals surface area contributed by atoms with Gasteiger partial charge in [0.05, 0.1) is 0 Å². The second-order valence-electron chi connectivity index (χ2n) is 6.44. The van der Waals surface area contributed by atoms with Gasteiger partial charge < -0.3 is 25.6 Å². The summed E-state index contributed by atoms with van der Waals surface area (Å²) < 4.78 is 17.7. The molecule has 1 amide bonds. The van der Waals surface area contributed by atoms with E-state index in [4.69, 9.17) is 15.9 Å². The van der Waals surface area contributed by atoms with Gasteiger partial charge >= 0.3 is 7.60 Å². The molecule has 0 radical (unpaired) electrons. The van der Waals surface area contributed by atoms with Gasteiger partial charge in [-0.05, 0) is 35.9 Å². The highest BCUT2D eigenvalue weighted by atomic mass is 31.2. The van der Waals surface area contributed by atoms with E-state index in [2.05, 4.69) is 5.32 Å². The van der Waals surface area contributed by atoms with Crippen molar-refractivity contribution in [2.75, 3.05) is 0 Å². The van der Waals surface area contributed by atoms with Crippen LogP contribution < -0.4 is 15.8 Å². The molecular formula is C21H20N3O5P. The molecular weight excluding hydrogens is 405 g/mol. The summed E-state index contributed by atoms with van der Waals surface area (Å²) in [6, 6.07) is 21.0. The lowest BCUT2D eigenvalue weighted by Crippen LogP contribution is -2.28. The number of ether oxygens (including phenoxy) is 1. The van der Waals surface area contributed by atoms with Crippen molar-refractivity contribution in [3.8, 4) is 11.5 Å². The highest BCUT2D eigenvalue weighted by molar-refractivity contribution is 7.52. The number of nitrogen functional groups attached to an aromatic ring is 1. The van der Waals surface area contributed by atoms with Gasteiger partial charge in [-0.3, -0.25) is 14.8 Å². The molecule has 0 aliphatic heterocycles. The molecule has 1 atom stereocenters. The van der Waals surface area contributed by atoms with Crippen molar-refractivity contribution >= 4 is 19.3 Å². The molecule has 30 heavy (non-hydrogen) atoms. The van der Waals surface area contributed by atoms with E-state index in [1.165, 1.54) is 36.4 Å². The van der Waals surface area contributed by atoms with Crippen LogP contribution in [0.25, 0.3) is 0 Å². The van der Waals surface area contributed by atoms with Crippen molar-refractivity contribution in [1.29, 1.82) is 5.41 Å². The average Bonchev–Trinajstić information content (AvgIpc) is 2.72. The fourth-order valence-electron chi connectivity index (χ4n) is 2.74. The van der Waals surface area contributed by atoms with Crippen molar-refractivity contribution < 1.29 is 23.9 Å². The predicted molar refractivity (Wildman–Crippen MR) is 113 cm³/mol. The summed E-state index contributed by atoms with van der Waals surface area (Å²) in [5, 5.41) is 9.79. The zero-order valence-electron chi connectivity index (χ0n) is 15.7. The number of rotatable bonds is 7. The summed E-state index contributed by atoms with van der Waals surface area (Å²) in [4.78, 5) is 32.2. The Kier molecular flexibility index (Phi) is 6.32. The molecule has 0 aliphatic rings. The molecule has 3 aromatic carbocycles. The molecule has 9 heteroatoms. The molecule has 0 aliphatic carbocycles. The third-order valence-corrected chi connectivity index (χ3v) is 5.32. The Morgan fingerprint density at radius 2 is 1.57 bits per heavy atom. The molecule has 0 heterocycles. The Bertz CT molecular complexity index is 1100. The minimum absolute atomic E-state index is 0.173. The number of nitrogens with two attached hydrogens (primary N) is 1. The molecule has 0 aromatic heterocycles. The van der Waals surface area contributed by atoms with Crippen LogP contribution in [0.15, 0.2) is 78.9 Å². The number of nitrogens with one attached hydrogen (secondary N) is 2. The molecule has 6 N–H and O–H groups in total. The molecule has 0 spiro atoms. The van der Waals surface area contributed by atoms with E-state index in [0.717, 1.165) is 0 Å². The van der Waals surface area contributed by atoms with Gasteiger partial charge in [0.1, 0.15) is 17.3 Å². The molecule has 0 bridgehead atoms. The van der Waals surface area contributed by atoms with Crippen molar-refractivity contribution in [2.24, 2.45) is 5.73 Å². The van der Waals surface area contributed by atoms with Gasteiger partial charge in [0.2, 0.25) is 0 Å². The van der Waals surface area contributed by atoms with Gasteiger partial charge in [-0.2, -0.15) is 0 Å². The number of amides is 1. The number of para-hydroxylation sites is 1. The second-order valence-corrected chi connectivity index (χ2v) is 8.14. The van der Waals surface area contributed by atoms with Crippen molar-refractivity contribution in [1.82, 2.24) is 5.32 Å². The van der Waals surface area contributed by atoms with E-state index in [1.54, 1.807) is 24.3 Å². The maximum Gasteiger partial charge on any atom is 0.352 e. The number of carbonyl (C=O) groups excluding carboxylic acids is 1. The van der Waals surface area contributed by atoms with Crippen LogP contribution in [0, 0.1) is 5.41 Å². The van der Waals surface area contributed by atoms with Crippen molar-refractivity contribution in [2.45, 2.75) is 5.78 Å². The molecule has 0 fully saturated rings. The smallest absolute Gasteiger partial charge is 0.352 e. The maximum absolute atomic E-state index is 12.7. The minimum atomic E-state index is -4.73. The number of benzene rings is 3. The fourth-order valence-corrected chi connectivity index (χ4v) is 3.59. The van der Waals surface area contributed by atoms with E-state index >= 15 is 0 Å². The van der Waals surface area contributed by atoms with E-state index in [9.17, 15) is 19.1 Å². The standard InChI is InChI=1S/C21H20N3O5P/c22-19(23)14-9-11-15(12-10-14)21(30(26,27)28)24-20(25)16-5-4-8-18(13-16)29-17-6-2-1-3-7-17/h1-13,21H,(H3,22,23)(H,24,25)(H2,26,27,28). The second kappa shape index (κ2) is 8.92. The summed E-state index contributed by atoms with van der Waals surface area (Å²) >= 11 is 0. The Hall–Kier alpha value is -3.45. The highest BCUT2D eigenvalue weighted by Crippen LogP contribution is 2.50. The molecule has 0 saturated carbocycles. The Morgan fingerprint density at radius 1 is 0.933 bits per heavy atom. The summed E-state index contributed by atoms with van der Waals surface area (Å²) in [6.07, 6.45) is 0. The number of hydrogen-bond acceptors (Lipinski definition) is 4. The van der Waals surface area contributed by atoms with Gasteiger partial charge in [-0.25, -0.2) is 0 Å². The Balaban J connectivity index is 1.81. The lowest BCUT2D eigenvalue weighted by atomic mass is 10.1. The first kappa shape index (κ1) is 21.3. The number of amidine groups is 1. The first-order valence-corrected chi connectivity index (χ1v) is 10.6. The summed E-state index contributed by atoms with van der Waals surface area (Å²) in [5.74, 6) is -1.39. The van der Waals surface area contributed by atoms with Crippen molar-refractivity contribution in [3.63, 3.8) is 0 Å². The van der Waals surface area contributed by atoms with Crippen LogP contribution in [-0.2, 0) is 4.57 Å². The Labute approximate surface area is 173 Å². The SMILES string of the molecule is N=C(N)c1ccc(C(NC(=O)c2cccc(Oc3ccccc3)c2)P(=O)(O)O)cc1. The molecule has 0 saturated heterocycles. The van der Waals surface area contributed by atoms with E-state index in [0.29, 0.717) is 17.1 Å². The van der Waals surface area contributed by atoms with Gasteiger partial charge in [0.15, 0.2) is 5.78 Å². The topological polar surface area (TPSA) is 146 Å². The largest absolute Gasteiger partial charge is 0.457 e. The maximum atomic E-state index is 12.7. The van der Waals surface area contributed by atoms with Gasteiger partial charge in [-0.15, -0.1) is 0 Å². The Morgan fingerprint density at radius 3 is 2.17 bits per heavy atom. The summed E-state index contributed by atoms with van der Waals surface area (Å²) in [5.41, 5.74) is 6.18. The highest BCUT2D eigenvalue weighted by Gasteiger charge is 2.32. The monoisotopic (exact) mass is 425 g/mol. The van der Waals surface area contributed by atoms with E-state index in [-0.39, 0.29) is 17.0 Å². The molecule has 1 unspecified atom stereocenters. The molecule has 8 nitrogen and oxygen atoms in total. The van der Waals surface area contributed by atoms with Crippen LogP contribution >= 0.6 is 7.60 Å². The quantitative estimate of drug-likeness (QED) is 0.223. The predicted octanol–water partition coefficient (Wildman–Crippen LogP) is 3.37. The van der Waals surface area contributed by atoms with Crippen LogP contribution in [0.1, 0.15) is 27.3 Å². The lowest BCUT2D eigenvalue weighted by molar-refractivity contribution is 0.0942. The lowest BCUT2D eigenvalue weighted by Gasteiger charge is -2.21. The molecule has 3 rings (SSSR count). The normalized spacial score (nSPS) is 12.1. The summed E-state index contributed by atoms with van der Waals surface area (Å²) in [7, 11) is -4.73. The van der Waals surface area contributed by atoms with Crippen LogP contribution in [-0.4, -0.2) is 21.5 Å². The van der Waals surface area contributed by atoms with Crippen LogP contribution in [0.4, 0.5) is 0 Å².